The molecule has 156 valence electrons. The van der Waals surface area contributed by atoms with Gasteiger partial charge in [0.25, 0.3) is 15.9 Å². The van der Waals surface area contributed by atoms with E-state index < -0.39 is 26.0 Å². The summed E-state index contributed by atoms with van der Waals surface area (Å²) in [4.78, 5) is 12.3. The van der Waals surface area contributed by atoms with Crippen LogP contribution in [0.4, 0.5) is 11.4 Å². The summed E-state index contributed by atoms with van der Waals surface area (Å²) in [6, 6.07) is 19.6. The summed E-state index contributed by atoms with van der Waals surface area (Å²) in [6.07, 6.45) is 0. The first-order valence-electron chi connectivity index (χ1n) is 8.67. The minimum absolute atomic E-state index is 0.0293. The molecule has 3 aromatic carbocycles. The van der Waals surface area contributed by atoms with Crippen LogP contribution in [-0.4, -0.2) is 29.8 Å². The third-order valence-electron chi connectivity index (χ3n) is 4.32. The summed E-state index contributed by atoms with van der Waals surface area (Å²) < 4.78 is 49.6. The Hall–Kier alpha value is -3.21. The van der Waals surface area contributed by atoms with Gasteiger partial charge in [-0.15, -0.1) is 0 Å². The van der Waals surface area contributed by atoms with Gasteiger partial charge in [-0.1, -0.05) is 24.3 Å². The Labute approximate surface area is 175 Å². The highest BCUT2D eigenvalue weighted by molar-refractivity contribution is 7.92. The molecule has 1 amide bonds. The molecule has 0 saturated heterocycles. The van der Waals surface area contributed by atoms with Crippen LogP contribution in [0.5, 0.6) is 0 Å². The van der Waals surface area contributed by atoms with Gasteiger partial charge in [0.2, 0.25) is 10.0 Å². The predicted octanol–water partition coefficient (Wildman–Crippen LogP) is 2.41. The fourth-order valence-corrected chi connectivity index (χ4v) is 4.42. The van der Waals surface area contributed by atoms with Crippen LogP contribution in [0.1, 0.15) is 10.4 Å². The molecular formula is C20H19N3O5S2. The van der Waals surface area contributed by atoms with E-state index in [0.717, 1.165) is 4.31 Å². The van der Waals surface area contributed by atoms with Crippen molar-refractivity contribution in [3.05, 3.63) is 84.4 Å². The number of nitrogens with zero attached hydrogens (tertiary/aromatic N) is 1. The summed E-state index contributed by atoms with van der Waals surface area (Å²) in [5.74, 6) is -0.526. The molecule has 0 aliphatic rings. The van der Waals surface area contributed by atoms with Crippen LogP contribution in [0, 0.1) is 0 Å². The molecule has 0 aliphatic heterocycles. The number of carbonyl (C=O) groups excluding carboxylic acids is 1. The molecule has 3 rings (SSSR count). The summed E-state index contributed by atoms with van der Waals surface area (Å²) in [5.41, 5.74) is 0.957. The molecule has 0 bridgehead atoms. The average Bonchev–Trinajstić information content (AvgIpc) is 2.73. The highest BCUT2D eigenvalue weighted by Crippen LogP contribution is 2.22. The van der Waals surface area contributed by atoms with Gasteiger partial charge < -0.3 is 5.32 Å². The third kappa shape index (κ3) is 4.67. The summed E-state index contributed by atoms with van der Waals surface area (Å²) >= 11 is 0. The number of benzene rings is 3. The monoisotopic (exact) mass is 445 g/mol. The fourth-order valence-electron chi connectivity index (χ4n) is 2.67. The Bertz CT molecular complexity index is 1270. The van der Waals surface area contributed by atoms with Crippen molar-refractivity contribution in [2.75, 3.05) is 16.7 Å². The van der Waals surface area contributed by atoms with Crippen molar-refractivity contribution in [3.8, 4) is 0 Å². The van der Waals surface area contributed by atoms with Gasteiger partial charge >= 0.3 is 0 Å². The minimum atomic E-state index is -3.90. The molecule has 3 N–H and O–H groups in total. The number of hydrogen-bond acceptors (Lipinski definition) is 5. The Balaban J connectivity index is 1.79. The molecule has 0 fully saturated rings. The van der Waals surface area contributed by atoms with E-state index in [1.54, 1.807) is 30.3 Å². The number of anilines is 2. The first-order chi connectivity index (χ1) is 14.1. The van der Waals surface area contributed by atoms with E-state index in [1.165, 1.54) is 55.6 Å². The standard InChI is InChI=1S/C20H19N3O5S2/c1-23(17-7-3-2-4-8-17)30(27,28)18-12-10-15(11-13-18)20(24)22-16-6-5-9-19(14-16)29(21,25)26/h2-14H,1H3,(H,22,24)(H2,21,25,26). The molecule has 0 saturated carbocycles. The van der Waals surface area contributed by atoms with Gasteiger partial charge in [0.1, 0.15) is 0 Å². The molecule has 0 aromatic heterocycles. The molecule has 3 aromatic rings. The average molecular weight is 446 g/mol. The van der Waals surface area contributed by atoms with Gasteiger partial charge in [0.05, 0.1) is 15.5 Å². The lowest BCUT2D eigenvalue weighted by Crippen LogP contribution is -2.26. The second-order valence-corrected chi connectivity index (χ2v) is 9.89. The van der Waals surface area contributed by atoms with Gasteiger partial charge in [-0.3, -0.25) is 9.10 Å². The number of rotatable bonds is 6. The van der Waals surface area contributed by atoms with Crippen molar-refractivity contribution < 1.29 is 21.6 Å². The molecule has 10 heteroatoms. The lowest BCUT2D eigenvalue weighted by molar-refractivity contribution is 0.102. The zero-order chi connectivity index (χ0) is 21.9. The number of carbonyl (C=O) groups is 1. The topological polar surface area (TPSA) is 127 Å². The molecule has 0 radical (unpaired) electrons. The van der Waals surface area contributed by atoms with Gasteiger partial charge in [-0.25, -0.2) is 22.0 Å². The largest absolute Gasteiger partial charge is 0.322 e. The first-order valence-corrected chi connectivity index (χ1v) is 11.7. The quantitative estimate of drug-likeness (QED) is 0.602. The minimum Gasteiger partial charge on any atom is -0.322 e. The van der Waals surface area contributed by atoms with Gasteiger partial charge in [0, 0.05) is 18.3 Å². The number of nitrogens with two attached hydrogens (primary N) is 1. The van der Waals surface area contributed by atoms with Crippen molar-refractivity contribution in [3.63, 3.8) is 0 Å². The van der Waals surface area contributed by atoms with E-state index in [9.17, 15) is 21.6 Å². The zero-order valence-corrected chi connectivity index (χ0v) is 17.5. The van der Waals surface area contributed by atoms with Crippen LogP contribution in [0.2, 0.25) is 0 Å². The van der Waals surface area contributed by atoms with E-state index in [0.29, 0.717) is 5.69 Å². The number of amides is 1. The number of hydrogen-bond donors (Lipinski definition) is 2. The van der Waals surface area contributed by atoms with Crippen molar-refractivity contribution in [2.45, 2.75) is 9.79 Å². The molecule has 0 heterocycles. The van der Waals surface area contributed by atoms with Crippen LogP contribution in [-0.2, 0) is 20.0 Å². The second-order valence-electron chi connectivity index (χ2n) is 6.36. The fraction of sp³-hybridized carbons (Fsp3) is 0.0500. The van der Waals surface area contributed by atoms with E-state index >= 15 is 0 Å². The van der Waals surface area contributed by atoms with E-state index in [1.807, 2.05) is 0 Å². The van der Waals surface area contributed by atoms with Crippen LogP contribution in [0.3, 0.4) is 0 Å². The predicted molar refractivity (Wildman–Crippen MR) is 114 cm³/mol. The maximum Gasteiger partial charge on any atom is 0.264 e. The zero-order valence-electron chi connectivity index (χ0n) is 15.9. The van der Waals surface area contributed by atoms with Crippen molar-refractivity contribution >= 4 is 37.3 Å². The van der Waals surface area contributed by atoms with E-state index in [4.69, 9.17) is 5.14 Å². The number of nitrogens with one attached hydrogen (secondary N) is 1. The Morgan fingerprint density at radius 3 is 2.07 bits per heavy atom. The molecule has 0 aliphatic carbocycles. The van der Waals surface area contributed by atoms with Crippen molar-refractivity contribution in [1.82, 2.24) is 0 Å². The van der Waals surface area contributed by atoms with Gasteiger partial charge in [0.15, 0.2) is 0 Å². The Kier molecular flexibility index (Phi) is 5.92. The highest BCUT2D eigenvalue weighted by atomic mass is 32.2. The lowest BCUT2D eigenvalue weighted by Gasteiger charge is -2.19. The summed E-state index contributed by atoms with van der Waals surface area (Å²) in [6.45, 7) is 0. The normalized spacial score (nSPS) is 11.7. The third-order valence-corrected chi connectivity index (χ3v) is 7.03. The highest BCUT2D eigenvalue weighted by Gasteiger charge is 2.21. The van der Waals surface area contributed by atoms with Gasteiger partial charge in [-0.2, -0.15) is 0 Å². The van der Waals surface area contributed by atoms with Crippen LogP contribution in [0.15, 0.2) is 88.7 Å². The Morgan fingerprint density at radius 1 is 0.833 bits per heavy atom. The molecule has 0 atom stereocenters. The lowest BCUT2D eigenvalue weighted by atomic mass is 10.2. The number of para-hydroxylation sites is 1. The molecule has 8 nitrogen and oxygen atoms in total. The Morgan fingerprint density at radius 2 is 1.47 bits per heavy atom. The van der Waals surface area contributed by atoms with Crippen molar-refractivity contribution in [1.29, 1.82) is 0 Å². The van der Waals surface area contributed by atoms with Gasteiger partial charge in [-0.05, 0) is 54.6 Å². The van der Waals surface area contributed by atoms with Crippen LogP contribution in [0.25, 0.3) is 0 Å². The SMILES string of the molecule is CN(c1ccccc1)S(=O)(=O)c1ccc(C(=O)Nc2cccc(S(N)(=O)=O)c2)cc1. The van der Waals surface area contributed by atoms with E-state index in [2.05, 4.69) is 5.32 Å². The maximum atomic E-state index is 12.8. The summed E-state index contributed by atoms with van der Waals surface area (Å²) in [5, 5.41) is 7.65. The molecule has 30 heavy (non-hydrogen) atoms. The molecule has 0 unspecified atom stereocenters. The molecule has 0 spiro atoms. The smallest absolute Gasteiger partial charge is 0.264 e. The van der Waals surface area contributed by atoms with Crippen LogP contribution < -0.4 is 14.8 Å². The number of sulfonamides is 2. The maximum absolute atomic E-state index is 12.8. The molecular weight excluding hydrogens is 426 g/mol. The summed E-state index contributed by atoms with van der Waals surface area (Å²) in [7, 11) is -6.25. The second kappa shape index (κ2) is 8.27. The first kappa shape index (κ1) is 21.5. The van der Waals surface area contributed by atoms with Crippen molar-refractivity contribution in [2.24, 2.45) is 5.14 Å². The van der Waals surface area contributed by atoms with Crippen LogP contribution >= 0.6 is 0 Å². The van der Waals surface area contributed by atoms with E-state index in [-0.39, 0.29) is 21.0 Å². The number of primary sulfonamides is 1.